The molecule has 0 amide bonds. The Morgan fingerprint density at radius 1 is 1.41 bits per heavy atom. The average molecular weight is 319 g/mol. The van der Waals surface area contributed by atoms with Crippen molar-refractivity contribution in [1.29, 1.82) is 0 Å². The lowest BCUT2D eigenvalue weighted by molar-refractivity contribution is 0.146. The van der Waals surface area contributed by atoms with Crippen molar-refractivity contribution in [3.8, 4) is 0 Å². The molecule has 1 aliphatic rings. The number of nitrogens with zero attached hydrogens (tertiary/aromatic N) is 4. The van der Waals surface area contributed by atoms with Crippen LogP contribution in [0.2, 0.25) is 0 Å². The molecule has 2 aromatic heterocycles. The number of aromatic nitrogens is 3. The van der Waals surface area contributed by atoms with Crippen molar-refractivity contribution in [1.82, 2.24) is 24.8 Å². The van der Waals surface area contributed by atoms with Crippen molar-refractivity contribution in [2.45, 2.75) is 32.9 Å². The molecule has 1 unspecified atom stereocenters. The highest BCUT2D eigenvalue weighted by atomic mass is 32.1. The van der Waals surface area contributed by atoms with Crippen LogP contribution < -0.4 is 5.32 Å². The SMILES string of the molecule is CC(C)Cc1ncc(CN2CCNCC2c2nccn2C)s1. The number of hydrogen-bond acceptors (Lipinski definition) is 5. The lowest BCUT2D eigenvalue weighted by Crippen LogP contribution is -2.46. The lowest BCUT2D eigenvalue weighted by atomic mass is 10.1. The van der Waals surface area contributed by atoms with Gasteiger partial charge in [0.2, 0.25) is 0 Å². The van der Waals surface area contributed by atoms with E-state index in [1.54, 1.807) is 0 Å². The standard InChI is InChI=1S/C16H25N5S/c1-12(2)8-15-19-9-13(22-15)11-21-7-4-17-10-14(21)16-18-5-6-20(16)3/h5-6,9,12,14,17H,4,7-8,10-11H2,1-3H3. The van der Waals surface area contributed by atoms with E-state index < -0.39 is 0 Å². The molecule has 5 nitrogen and oxygen atoms in total. The Morgan fingerprint density at radius 3 is 3.00 bits per heavy atom. The molecule has 1 fully saturated rings. The fourth-order valence-electron chi connectivity index (χ4n) is 2.95. The lowest BCUT2D eigenvalue weighted by Gasteiger charge is -2.35. The topological polar surface area (TPSA) is 46.0 Å². The van der Waals surface area contributed by atoms with Gasteiger partial charge in [0.15, 0.2) is 0 Å². The van der Waals surface area contributed by atoms with Crippen LogP contribution in [0.15, 0.2) is 18.6 Å². The van der Waals surface area contributed by atoms with Crippen LogP contribution in [-0.2, 0) is 20.0 Å². The van der Waals surface area contributed by atoms with Crippen molar-refractivity contribution in [3.05, 3.63) is 34.3 Å². The van der Waals surface area contributed by atoms with Crippen molar-refractivity contribution in [2.24, 2.45) is 13.0 Å². The molecule has 1 N–H and O–H groups in total. The van der Waals surface area contributed by atoms with Gasteiger partial charge in [-0.15, -0.1) is 11.3 Å². The zero-order valence-corrected chi connectivity index (χ0v) is 14.4. The van der Waals surface area contributed by atoms with Gasteiger partial charge in [-0.1, -0.05) is 13.8 Å². The van der Waals surface area contributed by atoms with Crippen LogP contribution in [0.4, 0.5) is 0 Å². The van der Waals surface area contributed by atoms with Gasteiger partial charge in [0.05, 0.1) is 11.0 Å². The Morgan fingerprint density at radius 2 is 2.27 bits per heavy atom. The van der Waals surface area contributed by atoms with Gasteiger partial charge in [0.25, 0.3) is 0 Å². The van der Waals surface area contributed by atoms with E-state index >= 15 is 0 Å². The first-order valence-corrected chi connectivity index (χ1v) is 8.80. The fourth-order valence-corrected chi connectivity index (χ4v) is 4.11. The fraction of sp³-hybridized carbons (Fsp3) is 0.625. The number of thiazole rings is 1. The van der Waals surface area contributed by atoms with E-state index in [9.17, 15) is 0 Å². The Hall–Kier alpha value is -1.24. The van der Waals surface area contributed by atoms with E-state index in [0.717, 1.165) is 38.4 Å². The summed E-state index contributed by atoms with van der Waals surface area (Å²) in [4.78, 5) is 13.0. The third-order valence-electron chi connectivity index (χ3n) is 4.05. The van der Waals surface area contributed by atoms with Gasteiger partial charge in [-0.2, -0.15) is 0 Å². The molecule has 1 aliphatic heterocycles. The third-order valence-corrected chi connectivity index (χ3v) is 5.06. The Kier molecular flexibility index (Phi) is 4.90. The number of aryl methyl sites for hydroxylation is 1. The number of rotatable bonds is 5. The van der Waals surface area contributed by atoms with Crippen LogP contribution in [0.1, 0.15) is 35.6 Å². The highest BCUT2D eigenvalue weighted by molar-refractivity contribution is 7.11. The maximum atomic E-state index is 4.58. The monoisotopic (exact) mass is 319 g/mol. The van der Waals surface area contributed by atoms with Gasteiger partial charge in [0.1, 0.15) is 5.82 Å². The average Bonchev–Trinajstić information content (AvgIpc) is 3.08. The molecule has 0 radical (unpaired) electrons. The van der Waals surface area contributed by atoms with Crippen molar-refractivity contribution < 1.29 is 0 Å². The minimum atomic E-state index is 0.337. The smallest absolute Gasteiger partial charge is 0.127 e. The summed E-state index contributed by atoms with van der Waals surface area (Å²) >= 11 is 1.86. The predicted octanol–water partition coefficient (Wildman–Crippen LogP) is 2.22. The summed E-state index contributed by atoms with van der Waals surface area (Å²) in [6.45, 7) is 8.51. The number of hydrogen-bond donors (Lipinski definition) is 1. The van der Waals surface area contributed by atoms with E-state index in [4.69, 9.17) is 0 Å². The van der Waals surface area contributed by atoms with Gasteiger partial charge >= 0.3 is 0 Å². The summed E-state index contributed by atoms with van der Waals surface area (Å²) in [6, 6.07) is 0.337. The highest BCUT2D eigenvalue weighted by Gasteiger charge is 2.27. The van der Waals surface area contributed by atoms with E-state index in [2.05, 4.69) is 51.8 Å². The largest absolute Gasteiger partial charge is 0.337 e. The first-order valence-electron chi connectivity index (χ1n) is 7.99. The highest BCUT2D eigenvalue weighted by Crippen LogP contribution is 2.25. The summed E-state index contributed by atoms with van der Waals surface area (Å²) in [5.74, 6) is 1.80. The molecule has 0 bridgehead atoms. The molecule has 0 aliphatic carbocycles. The molecule has 3 heterocycles. The minimum Gasteiger partial charge on any atom is -0.337 e. The van der Waals surface area contributed by atoms with E-state index in [1.165, 1.54) is 9.88 Å². The first-order chi connectivity index (χ1) is 10.6. The molecule has 1 atom stereocenters. The van der Waals surface area contributed by atoms with Crippen LogP contribution in [0.5, 0.6) is 0 Å². The molecule has 1 saturated heterocycles. The van der Waals surface area contributed by atoms with Gasteiger partial charge in [-0.25, -0.2) is 9.97 Å². The van der Waals surface area contributed by atoms with Gasteiger partial charge in [-0.05, 0) is 5.92 Å². The van der Waals surface area contributed by atoms with E-state index in [0.29, 0.717) is 12.0 Å². The molecule has 120 valence electrons. The summed E-state index contributed by atoms with van der Waals surface area (Å²) in [5, 5.41) is 4.75. The second kappa shape index (κ2) is 6.89. The molecule has 0 saturated carbocycles. The first kappa shape index (κ1) is 15.6. The maximum absolute atomic E-state index is 4.58. The van der Waals surface area contributed by atoms with Gasteiger partial charge < -0.3 is 9.88 Å². The Balaban J connectivity index is 1.71. The van der Waals surface area contributed by atoms with Crippen LogP contribution >= 0.6 is 11.3 Å². The number of piperazine rings is 1. The molecule has 3 rings (SSSR count). The van der Waals surface area contributed by atoms with Crippen molar-refractivity contribution in [2.75, 3.05) is 19.6 Å². The molecular weight excluding hydrogens is 294 g/mol. The Bertz CT molecular complexity index is 603. The molecule has 6 heteroatoms. The van der Waals surface area contributed by atoms with Crippen molar-refractivity contribution in [3.63, 3.8) is 0 Å². The summed E-state index contributed by atoms with van der Waals surface area (Å²) in [5.41, 5.74) is 0. The van der Waals surface area contributed by atoms with Gasteiger partial charge in [0, 0.05) is 63.1 Å². The van der Waals surface area contributed by atoms with Crippen LogP contribution in [0.25, 0.3) is 0 Å². The quantitative estimate of drug-likeness (QED) is 0.918. The summed E-state index contributed by atoms with van der Waals surface area (Å²) < 4.78 is 2.13. The molecule has 0 aromatic carbocycles. The second-order valence-corrected chi connectivity index (χ2v) is 7.60. The van der Waals surface area contributed by atoms with Crippen LogP contribution in [-0.4, -0.2) is 39.1 Å². The molecule has 0 spiro atoms. The van der Waals surface area contributed by atoms with Crippen LogP contribution in [0.3, 0.4) is 0 Å². The summed E-state index contributed by atoms with van der Waals surface area (Å²) in [6.07, 6.45) is 7.04. The summed E-state index contributed by atoms with van der Waals surface area (Å²) in [7, 11) is 2.07. The zero-order valence-electron chi connectivity index (χ0n) is 13.6. The third kappa shape index (κ3) is 3.56. The minimum absolute atomic E-state index is 0.337. The van der Waals surface area contributed by atoms with E-state index in [-0.39, 0.29) is 0 Å². The number of nitrogens with one attached hydrogen (secondary N) is 1. The van der Waals surface area contributed by atoms with E-state index in [1.807, 2.05) is 23.7 Å². The molecule has 2 aromatic rings. The Labute approximate surface area is 136 Å². The number of imidazole rings is 1. The predicted molar refractivity (Wildman–Crippen MR) is 89.9 cm³/mol. The second-order valence-electron chi connectivity index (χ2n) is 6.41. The van der Waals surface area contributed by atoms with Crippen molar-refractivity contribution >= 4 is 11.3 Å². The normalized spacial score (nSPS) is 19.9. The molecular formula is C16H25N5S. The maximum Gasteiger partial charge on any atom is 0.127 e. The zero-order chi connectivity index (χ0) is 15.5. The van der Waals surface area contributed by atoms with Gasteiger partial charge in [-0.3, -0.25) is 4.90 Å². The van der Waals surface area contributed by atoms with Crippen LogP contribution in [0, 0.1) is 5.92 Å². The molecule has 22 heavy (non-hydrogen) atoms.